The second-order valence-electron chi connectivity index (χ2n) is 7.50. The highest BCUT2D eigenvalue weighted by atomic mass is 19.1. The van der Waals surface area contributed by atoms with Gasteiger partial charge in [-0.15, -0.1) is 5.10 Å². The molecule has 1 atom stereocenters. The van der Waals surface area contributed by atoms with Crippen molar-refractivity contribution in [3.05, 3.63) is 71.6 Å². The van der Waals surface area contributed by atoms with Gasteiger partial charge in [0.15, 0.2) is 5.82 Å². The zero-order valence-corrected chi connectivity index (χ0v) is 16.5. The molecule has 1 aromatic heterocycles. The highest BCUT2D eigenvalue weighted by molar-refractivity contribution is 5.48. The van der Waals surface area contributed by atoms with E-state index in [-0.39, 0.29) is 23.7 Å². The minimum absolute atomic E-state index is 0.0997. The van der Waals surface area contributed by atoms with Crippen LogP contribution in [0.3, 0.4) is 0 Å². The molecule has 1 aliphatic rings. The number of hydrogen-bond acceptors (Lipinski definition) is 5. The third-order valence-electron chi connectivity index (χ3n) is 5.31. The SMILES string of the molecule is CC(C)n1nnnc1[C@@H](c1ccc(F)cc1)N1CCN(c2ccccc2F)CC1. The standard InChI is InChI=1S/C21H24F2N6/c1-15(2)29-21(24-25-26-29)20(16-7-9-17(22)10-8-16)28-13-11-27(12-14-28)19-6-4-3-5-18(19)23/h3-10,15,20H,11-14H2,1-2H3/t20-/m1/s1. The Morgan fingerprint density at radius 1 is 0.897 bits per heavy atom. The van der Waals surface area contributed by atoms with Crippen LogP contribution in [0.4, 0.5) is 14.5 Å². The number of benzene rings is 2. The van der Waals surface area contributed by atoms with E-state index in [1.165, 1.54) is 18.2 Å². The quantitative estimate of drug-likeness (QED) is 0.659. The summed E-state index contributed by atoms with van der Waals surface area (Å²) < 4.78 is 29.5. The molecule has 152 valence electrons. The lowest BCUT2D eigenvalue weighted by Gasteiger charge is -2.40. The van der Waals surface area contributed by atoms with Crippen LogP contribution in [0.2, 0.25) is 0 Å². The zero-order valence-electron chi connectivity index (χ0n) is 16.5. The molecule has 0 bridgehead atoms. The monoisotopic (exact) mass is 398 g/mol. The first kappa shape index (κ1) is 19.4. The molecule has 1 saturated heterocycles. The number of rotatable bonds is 5. The predicted octanol–water partition coefficient (Wildman–Crippen LogP) is 3.44. The number of aromatic nitrogens is 4. The summed E-state index contributed by atoms with van der Waals surface area (Å²) in [5.74, 6) is 0.242. The summed E-state index contributed by atoms with van der Waals surface area (Å²) in [5.41, 5.74) is 1.56. The highest BCUT2D eigenvalue weighted by Gasteiger charge is 2.31. The van der Waals surface area contributed by atoms with Crippen molar-refractivity contribution in [2.75, 3.05) is 31.1 Å². The minimum atomic E-state index is -0.277. The summed E-state index contributed by atoms with van der Waals surface area (Å²) in [6.45, 7) is 6.84. The summed E-state index contributed by atoms with van der Waals surface area (Å²) in [5, 5.41) is 12.3. The molecule has 1 fully saturated rings. The lowest BCUT2D eigenvalue weighted by molar-refractivity contribution is 0.198. The van der Waals surface area contributed by atoms with Crippen molar-refractivity contribution in [1.82, 2.24) is 25.1 Å². The largest absolute Gasteiger partial charge is 0.367 e. The maximum atomic E-state index is 14.2. The van der Waals surface area contributed by atoms with Crippen LogP contribution in [0.5, 0.6) is 0 Å². The molecule has 2 heterocycles. The lowest BCUT2D eigenvalue weighted by Crippen LogP contribution is -2.48. The molecule has 4 rings (SSSR count). The molecule has 2 aromatic carbocycles. The number of tetrazole rings is 1. The van der Waals surface area contributed by atoms with Gasteiger partial charge in [-0.05, 0) is 54.1 Å². The predicted molar refractivity (Wildman–Crippen MR) is 107 cm³/mol. The van der Waals surface area contributed by atoms with E-state index in [1.54, 1.807) is 22.9 Å². The van der Waals surface area contributed by atoms with Crippen LogP contribution in [-0.4, -0.2) is 51.3 Å². The first-order valence-corrected chi connectivity index (χ1v) is 9.81. The van der Waals surface area contributed by atoms with Crippen LogP contribution < -0.4 is 4.90 Å². The highest BCUT2D eigenvalue weighted by Crippen LogP contribution is 2.30. The second-order valence-corrected chi connectivity index (χ2v) is 7.50. The van der Waals surface area contributed by atoms with E-state index >= 15 is 0 Å². The Morgan fingerprint density at radius 2 is 1.59 bits per heavy atom. The summed E-state index contributed by atoms with van der Waals surface area (Å²) in [6, 6.07) is 13.2. The van der Waals surface area contributed by atoms with Crippen molar-refractivity contribution in [3.8, 4) is 0 Å². The lowest BCUT2D eigenvalue weighted by atomic mass is 10.0. The molecule has 0 N–H and O–H groups in total. The summed E-state index contributed by atoms with van der Waals surface area (Å²) in [7, 11) is 0. The number of piperazine rings is 1. The van der Waals surface area contributed by atoms with Crippen molar-refractivity contribution in [2.24, 2.45) is 0 Å². The molecule has 3 aromatic rings. The maximum absolute atomic E-state index is 14.2. The molecule has 8 heteroatoms. The molecule has 1 aliphatic heterocycles. The topological polar surface area (TPSA) is 50.1 Å². The fourth-order valence-corrected chi connectivity index (χ4v) is 3.85. The average molecular weight is 398 g/mol. The van der Waals surface area contributed by atoms with E-state index in [0.29, 0.717) is 31.9 Å². The Labute approximate surface area is 168 Å². The second kappa shape index (κ2) is 8.24. The van der Waals surface area contributed by atoms with Crippen LogP contribution in [0.15, 0.2) is 48.5 Å². The first-order valence-electron chi connectivity index (χ1n) is 9.81. The Kier molecular flexibility index (Phi) is 5.53. The van der Waals surface area contributed by atoms with E-state index in [1.807, 2.05) is 26.0 Å². The number of para-hydroxylation sites is 1. The third kappa shape index (κ3) is 3.98. The molecular weight excluding hydrogens is 374 g/mol. The fourth-order valence-electron chi connectivity index (χ4n) is 3.85. The third-order valence-corrected chi connectivity index (χ3v) is 5.31. The number of nitrogens with zero attached hydrogens (tertiary/aromatic N) is 6. The van der Waals surface area contributed by atoms with E-state index < -0.39 is 0 Å². The van der Waals surface area contributed by atoms with Gasteiger partial charge < -0.3 is 4.90 Å². The summed E-state index contributed by atoms with van der Waals surface area (Å²) in [6.07, 6.45) is 0. The van der Waals surface area contributed by atoms with E-state index in [0.717, 1.165) is 11.4 Å². The van der Waals surface area contributed by atoms with E-state index in [2.05, 4.69) is 25.3 Å². The Morgan fingerprint density at radius 3 is 2.24 bits per heavy atom. The normalized spacial score (nSPS) is 16.4. The van der Waals surface area contributed by atoms with Crippen LogP contribution in [-0.2, 0) is 0 Å². The van der Waals surface area contributed by atoms with Crippen LogP contribution in [0, 0.1) is 11.6 Å². The number of hydrogen-bond donors (Lipinski definition) is 0. The van der Waals surface area contributed by atoms with Gasteiger partial charge in [0.25, 0.3) is 0 Å². The Bertz CT molecular complexity index is 948. The van der Waals surface area contributed by atoms with Crippen molar-refractivity contribution < 1.29 is 8.78 Å². The molecule has 0 radical (unpaired) electrons. The van der Waals surface area contributed by atoms with Crippen molar-refractivity contribution in [3.63, 3.8) is 0 Å². The molecular formula is C21H24F2N6. The average Bonchev–Trinajstić information content (AvgIpc) is 3.20. The maximum Gasteiger partial charge on any atom is 0.173 e. The van der Waals surface area contributed by atoms with E-state index in [9.17, 15) is 8.78 Å². The molecule has 0 aliphatic carbocycles. The molecule has 0 unspecified atom stereocenters. The number of anilines is 1. The first-order chi connectivity index (χ1) is 14.0. The van der Waals surface area contributed by atoms with Gasteiger partial charge in [-0.3, -0.25) is 4.90 Å². The van der Waals surface area contributed by atoms with Gasteiger partial charge in [0.2, 0.25) is 0 Å². The van der Waals surface area contributed by atoms with E-state index in [4.69, 9.17) is 0 Å². The number of halogens is 2. The molecule has 29 heavy (non-hydrogen) atoms. The van der Waals surface area contributed by atoms with Gasteiger partial charge in [0.1, 0.15) is 11.6 Å². The molecule has 0 spiro atoms. The van der Waals surface area contributed by atoms with Crippen LogP contribution >= 0.6 is 0 Å². The molecule has 0 amide bonds. The smallest absolute Gasteiger partial charge is 0.173 e. The molecule has 0 saturated carbocycles. The van der Waals surface area contributed by atoms with Gasteiger partial charge >= 0.3 is 0 Å². The van der Waals surface area contributed by atoms with Gasteiger partial charge in [-0.25, -0.2) is 13.5 Å². The van der Waals surface area contributed by atoms with Gasteiger partial charge in [-0.1, -0.05) is 24.3 Å². The summed E-state index contributed by atoms with van der Waals surface area (Å²) in [4.78, 5) is 4.33. The zero-order chi connectivity index (χ0) is 20.4. The van der Waals surface area contributed by atoms with Crippen LogP contribution in [0.25, 0.3) is 0 Å². The van der Waals surface area contributed by atoms with Crippen molar-refractivity contribution in [1.29, 1.82) is 0 Å². The Balaban J connectivity index is 1.62. The van der Waals surface area contributed by atoms with Crippen molar-refractivity contribution >= 4 is 5.69 Å². The Hall–Kier alpha value is -2.87. The van der Waals surface area contributed by atoms with Gasteiger partial charge in [0.05, 0.1) is 17.8 Å². The van der Waals surface area contributed by atoms with Crippen molar-refractivity contribution in [2.45, 2.75) is 25.9 Å². The van der Waals surface area contributed by atoms with Gasteiger partial charge in [0, 0.05) is 26.2 Å². The summed E-state index contributed by atoms with van der Waals surface area (Å²) >= 11 is 0. The van der Waals surface area contributed by atoms with Crippen LogP contribution in [0.1, 0.15) is 37.3 Å². The minimum Gasteiger partial charge on any atom is -0.367 e. The van der Waals surface area contributed by atoms with Gasteiger partial charge in [-0.2, -0.15) is 0 Å². The fraction of sp³-hybridized carbons (Fsp3) is 0.381. The molecule has 6 nitrogen and oxygen atoms in total.